The van der Waals surface area contributed by atoms with Crippen LogP contribution in [0, 0.1) is 0 Å². The number of benzene rings is 1. The van der Waals surface area contributed by atoms with E-state index in [0.717, 1.165) is 0 Å². The first-order valence-electron chi connectivity index (χ1n) is 4.33. The zero-order valence-electron chi connectivity index (χ0n) is 7.88. The van der Waals surface area contributed by atoms with Crippen LogP contribution in [0.15, 0.2) is 30.3 Å². The SMILES string of the molecule is O.[CH3][Al]([CH3])[CH2]Cc1ccccc1. The summed E-state index contributed by atoms with van der Waals surface area (Å²) in [6.07, 6.45) is 1.28. The van der Waals surface area contributed by atoms with E-state index in [4.69, 9.17) is 0 Å². The Labute approximate surface area is 79.1 Å². The highest BCUT2D eigenvalue weighted by Gasteiger charge is 2.00. The number of hydrogen-bond donors (Lipinski definition) is 0. The first kappa shape index (κ1) is 11.7. The maximum Gasteiger partial charge on any atom is 0.255 e. The Hall–Kier alpha value is -0.288. The van der Waals surface area contributed by atoms with Crippen LogP contribution < -0.4 is 0 Å². The van der Waals surface area contributed by atoms with Gasteiger partial charge in [0.15, 0.2) is 0 Å². The van der Waals surface area contributed by atoms with Crippen LogP contribution in [-0.2, 0) is 6.42 Å². The molecule has 0 aliphatic heterocycles. The van der Waals surface area contributed by atoms with E-state index < -0.39 is 0 Å². The third kappa shape index (κ3) is 4.56. The molecule has 0 unspecified atom stereocenters. The van der Waals surface area contributed by atoms with Crippen molar-refractivity contribution in [1.82, 2.24) is 0 Å². The summed E-state index contributed by atoms with van der Waals surface area (Å²) in [5, 5.41) is 1.43. The first-order valence-corrected chi connectivity index (χ1v) is 7.45. The molecule has 1 nitrogen and oxygen atoms in total. The fourth-order valence-corrected chi connectivity index (χ4v) is 2.01. The molecule has 0 aromatic heterocycles. The highest BCUT2D eigenvalue weighted by atomic mass is 27.2. The van der Waals surface area contributed by atoms with E-state index in [1.165, 1.54) is 17.3 Å². The average molecular weight is 180 g/mol. The highest BCUT2D eigenvalue weighted by Crippen LogP contribution is 2.04. The second-order valence-electron chi connectivity index (χ2n) is 3.42. The van der Waals surface area contributed by atoms with E-state index >= 15 is 0 Å². The van der Waals surface area contributed by atoms with Gasteiger partial charge in [-0.2, -0.15) is 0 Å². The lowest BCUT2D eigenvalue weighted by atomic mass is 10.2. The third-order valence-electron chi connectivity index (χ3n) is 1.85. The molecule has 0 aliphatic rings. The van der Waals surface area contributed by atoms with E-state index in [1.807, 2.05) is 0 Å². The van der Waals surface area contributed by atoms with Gasteiger partial charge in [-0.15, -0.1) is 11.6 Å². The molecule has 0 saturated heterocycles. The maximum absolute atomic E-state index is 2.41. The molecule has 66 valence electrons. The fourth-order valence-electron chi connectivity index (χ4n) is 1.10. The van der Waals surface area contributed by atoms with Crippen LogP contribution >= 0.6 is 0 Å². The fraction of sp³-hybridized carbons (Fsp3) is 0.400. The molecule has 2 N–H and O–H groups in total. The first-order chi connectivity index (χ1) is 5.29. The summed E-state index contributed by atoms with van der Waals surface area (Å²) in [5.41, 5.74) is 1.49. The number of rotatable bonds is 3. The van der Waals surface area contributed by atoms with Crippen LogP contribution in [0.1, 0.15) is 5.56 Å². The van der Waals surface area contributed by atoms with Crippen LogP contribution in [0.3, 0.4) is 0 Å². The van der Waals surface area contributed by atoms with Crippen molar-refractivity contribution in [2.75, 3.05) is 0 Å². The minimum absolute atomic E-state index is 0. The molecule has 0 radical (unpaired) electrons. The maximum atomic E-state index is 2.41. The predicted octanol–water partition coefficient (Wildman–Crippen LogP) is 2.16. The van der Waals surface area contributed by atoms with Crippen molar-refractivity contribution < 1.29 is 5.48 Å². The van der Waals surface area contributed by atoms with Gasteiger partial charge in [0.1, 0.15) is 0 Å². The zero-order chi connectivity index (χ0) is 8.10. The van der Waals surface area contributed by atoms with Gasteiger partial charge >= 0.3 is 0 Å². The summed E-state index contributed by atoms with van der Waals surface area (Å²) in [7, 11) is 0. The summed E-state index contributed by atoms with van der Waals surface area (Å²) >= 11 is -0.340. The Bertz CT molecular complexity index is 196. The van der Waals surface area contributed by atoms with Crippen LogP contribution in [0.4, 0.5) is 0 Å². The molecule has 0 aliphatic carbocycles. The summed E-state index contributed by atoms with van der Waals surface area (Å²) < 4.78 is 0. The van der Waals surface area contributed by atoms with Crippen molar-refractivity contribution in [3.63, 3.8) is 0 Å². The molecular formula is C10H17AlO. The molecule has 0 saturated carbocycles. The molecule has 0 bridgehead atoms. The summed E-state index contributed by atoms with van der Waals surface area (Å²) in [5.74, 6) is 4.81. The molecule has 1 rings (SSSR count). The van der Waals surface area contributed by atoms with Gasteiger partial charge in [-0.25, -0.2) is 0 Å². The van der Waals surface area contributed by atoms with Crippen molar-refractivity contribution in [2.24, 2.45) is 0 Å². The Morgan fingerprint density at radius 1 is 1.08 bits per heavy atom. The van der Waals surface area contributed by atoms with Crippen LogP contribution in [-0.4, -0.2) is 19.6 Å². The second kappa shape index (κ2) is 6.25. The van der Waals surface area contributed by atoms with Crippen molar-refractivity contribution in [1.29, 1.82) is 0 Å². The molecule has 2 heteroatoms. The Morgan fingerprint density at radius 3 is 2.17 bits per heavy atom. The largest absolute Gasteiger partial charge is 0.412 e. The zero-order valence-corrected chi connectivity index (χ0v) is 9.03. The molecule has 12 heavy (non-hydrogen) atoms. The van der Waals surface area contributed by atoms with Crippen LogP contribution in [0.2, 0.25) is 16.9 Å². The van der Waals surface area contributed by atoms with Gasteiger partial charge in [0.05, 0.1) is 0 Å². The van der Waals surface area contributed by atoms with Crippen molar-refractivity contribution >= 4 is 14.1 Å². The second-order valence-corrected chi connectivity index (χ2v) is 6.78. The van der Waals surface area contributed by atoms with E-state index in [-0.39, 0.29) is 19.6 Å². The van der Waals surface area contributed by atoms with Crippen molar-refractivity contribution in [3.8, 4) is 0 Å². The van der Waals surface area contributed by atoms with E-state index in [9.17, 15) is 0 Å². The third-order valence-corrected chi connectivity index (χ3v) is 3.30. The quantitative estimate of drug-likeness (QED) is 0.638. The lowest BCUT2D eigenvalue weighted by Crippen LogP contribution is -2.00. The predicted molar refractivity (Wildman–Crippen MR) is 56.0 cm³/mol. The van der Waals surface area contributed by atoms with Crippen molar-refractivity contribution in [3.05, 3.63) is 35.9 Å². The van der Waals surface area contributed by atoms with Crippen molar-refractivity contribution in [2.45, 2.75) is 23.3 Å². The summed E-state index contributed by atoms with van der Waals surface area (Å²) in [4.78, 5) is 0. The molecule has 1 aromatic rings. The normalized spacial score (nSPS) is 8.83. The van der Waals surface area contributed by atoms with Gasteiger partial charge in [0.25, 0.3) is 14.1 Å². The minimum Gasteiger partial charge on any atom is -0.412 e. The Balaban J connectivity index is 0.00000121. The summed E-state index contributed by atoms with van der Waals surface area (Å²) in [6, 6.07) is 10.8. The lowest BCUT2D eigenvalue weighted by Gasteiger charge is -1.99. The topological polar surface area (TPSA) is 31.5 Å². The van der Waals surface area contributed by atoms with Crippen LogP contribution in [0.25, 0.3) is 0 Å². The average Bonchev–Trinajstić information content (AvgIpc) is 2.03. The molecule has 0 atom stereocenters. The Morgan fingerprint density at radius 2 is 1.67 bits per heavy atom. The van der Waals surface area contributed by atoms with E-state index in [2.05, 4.69) is 41.9 Å². The monoisotopic (exact) mass is 180 g/mol. The molecular weight excluding hydrogens is 163 g/mol. The van der Waals surface area contributed by atoms with Gasteiger partial charge in [-0.1, -0.05) is 35.6 Å². The van der Waals surface area contributed by atoms with Gasteiger partial charge < -0.3 is 5.48 Å². The molecule has 1 aromatic carbocycles. The van der Waals surface area contributed by atoms with E-state index in [1.54, 1.807) is 0 Å². The molecule has 0 fully saturated rings. The van der Waals surface area contributed by atoms with E-state index in [0.29, 0.717) is 0 Å². The van der Waals surface area contributed by atoms with Crippen LogP contribution in [0.5, 0.6) is 0 Å². The van der Waals surface area contributed by atoms with Gasteiger partial charge in [-0.3, -0.25) is 0 Å². The summed E-state index contributed by atoms with van der Waals surface area (Å²) in [6.45, 7) is 0. The molecule has 0 amide bonds. The van der Waals surface area contributed by atoms with Gasteiger partial charge in [-0.05, 0) is 12.0 Å². The molecule has 0 spiro atoms. The smallest absolute Gasteiger partial charge is 0.255 e. The lowest BCUT2D eigenvalue weighted by molar-refractivity contribution is 0.824. The van der Waals surface area contributed by atoms with Gasteiger partial charge in [0, 0.05) is 0 Å². The Kier molecular flexibility index (Phi) is 6.10. The van der Waals surface area contributed by atoms with Gasteiger partial charge in [0.2, 0.25) is 0 Å². The molecule has 0 heterocycles. The minimum atomic E-state index is -0.340. The standard InChI is InChI=1S/C8H9.2CH3.Al.H2O/c1-2-8-6-4-3-5-7-8;;;;/h3-7H,1-2H2;2*1H3;;1H2. The number of hydrogen-bond acceptors (Lipinski definition) is 0. The highest BCUT2D eigenvalue weighted by molar-refractivity contribution is 6.55. The number of aryl methyl sites for hydroxylation is 1.